The number of amidine groups is 1. The van der Waals surface area contributed by atoms with Crippen LogP contribution in [0.4, 0.5) is 23.2 Å². The van der Waals surface area contributed by atoms with Gasteiger partial charge in [-0.25, -0.2) is 9.82 Å². The van der Waals surface area contributed by atoms with E-state index in [1.54, 1.807) is 12.1 Å². The van der Waals surface area contributed by atoms with E-state index in [9.17, 15) is 22.4 Å². The van der Waals surface area contributed by atoms with E-state index in [1.165, 1.54) is 36.0 Å². The highest BCUT2D eigenvalue weighted by Gasteiger charge is 2.44. The molecular formula is C22H20F4N6OS. The van der Waals surface area contributed by atoms with Gasteiger partial charge in [-0.3, -0.25) is 10.2 Å². The number of amides is 1. The second-order valence-electron chi connectivity index (χ2n) is 8.03. The molecule has 5 rings (SSSR count). The average Bonchev–Trinajstić information content (AvgIpc) is 3.42. The zero-order valence-corrected chi connectivity index (χ0v) is 18.4. The molecule has 34 heavy (non-hydrogen) atoms. The van der Waals surface area contributed by atoms with Crippen molar-refractivity contribution in [2.45, 2.75) is 30.8 Å². The summed E-state index contributed by atoms with van der Waals surface area (Å²) in [5.41, 5.74) is 6.75. The number of thioether (sulfide) groups is 1. The van der Waals surface area contributed by atoms with Crippen molar-refractivity contribution in [3.63, 3.8) is 0 Å². The van der Waals surface area contributed by atoms with Crippen molar-refractivity contribution in [1.82, 2.24) is 20.8 Å². The molecule has 3 atom stereocenters. The van der Waals surface area contributed by atoms with Gasteiger partial charge in [-0.1, -0.05) is 30.0 Å². The molecule has 3 N–H and O–H groups in total. The van der Waals surface area contributed by atoms with E-state index in [2.05, 4.69) is 21.3 Å². The van der Waals surface area contributed by atoms with Crippen molar-refractivity contribution in [2.75, 3.05) is 11.1 Å². The van der Waals surface area contributed by atoms with Gasteiger partial charge in [0.2, 0.25) is 5.91 Å². The molecule has 0 aromatic heterocycles. The Morgan fingerprint density at radius 1 is 1.18 bits per heavy atom. The van der Waals surface area contributed by atoms with Crippen LogP contribution < -0.4 is 16.2 Å². The Morgan fingerprint density at radius 2 is 1.97 bits per heavy atom. The SMILES string of the molecule is O=C(CSC1=NNC2C3CC(c4ccc(F)cc4)NN3C=CN12)Nc1cccc(C(F)(F)F)c1. The van der Waals surface area contributed by atoms with Crippen LogP contribution in [0.15, 0.2) is 66.0 Å². The lowest BCUT2D eigenvalue weighted by Crippen LogP contribution is -2.54. The quantitative estimate of drug-likeness (QED) is 0.564. The first kappa shape index (κ1) is 22.5. The number of halogens is 4. The van der Waals surface area contributed by atoms with Gasteiger partial charge in [0.15, 0.2) is 5.17 Å². The van der Waals surface area contributed by atoms with Gasteiger partial charge in [-0.2, -0.15) is 18.3 Å². The Hall–Kier alpha value is -3.25. The molecule has 0 aliphatic carbocycles. The average molecular weight is 493 g/mol. The number of hydrazone groups is 1. The minimum absolute atomic E-state index is 0.0152. The van der Waals surface area contributed by atoms with Gasteiger partial charge in [-0.15, -0.1) is 0 Å². The fourth-order valence-electron chi connectivity index (χ4n) is 4.16. The maximum Gasteiger partial charge on any atom is 0.416 e. The molecule has 7 nitrogen and oxygen atoms in total. The van der Waals surface area contributed by atoms with E-state index in [0.29, 0.717) is 5.17 Å². The van der Waals surface area contributed by atoms with Gasteiger partial charge < -0.3 is 15.2 Å². The number of carbonyl (C=O) groups excluding carboxylic acids is 1. The molecule has 1 saturated heterocycles. The van der Waals surface area contributed by atoms with E-state index in [0.717, 1.165) is 24.1 Å². The lowest BCUT2D eigenvalue weighted by Gasteiger charge is -2.36. The predicted molar refractivity (Wildman–Crippen MR) is 120 cm³/mol. The summed E-state index contributed by atoms with van der Waals surface area (Å²) in [6, 6.07) is 11.0. The van der Waals surface area contributed by atoms with Crippen LogP contribution in [-0.2, 0) is 11.0 Å². The second-order valence-corrected chi connectivity index (χ2v) is 8.98. The highest BCUT2D eigenvalue weighted by atomic mass is 32.2. The molecule has 2 aromatic rings. The van der Waals surface area contributed by atoms with E-state index >= 15 is 0 Å². The maximum atomic E-state index is 13.3. The Balaban J connectivity index is 1.17. The fourth-order valence-corrected chi connectivity index (χ4v) is 4.94. The lowest BCUT2D eigenvalue weighted by molar-refractivity contribution is -0.137. The molecule has 0 bridgehead atoms. The third-order valence-electron chi connectivity index (χ3n) is 5.78. The number of alkyl halides is 3. The summed E-state index contributed by atoms with van der Waals surface area (Å²) in [5.74, 6) is -0.731. The first-order valence-electron chi connectivity index (χ1n) is 10.5. The maximum absolute atomic E-state index is 13.3. The van der Waals surface area contributed by atoms with Crippen molar-refractivity contribution < 1.29 is 22.4 Å². The number of hydrazine groups is 1. The van der Waals surface area contributed by atoms with Gasteiger partial charge in [0.05, 0.1) is 23.4 Å². The zero-order chi connectivity index (χ0) is 23.9. The van der Waals surface area contributed by atoms with Crippen LogP contribution in [0.1, 0.15) is 23.6 Å². The second kappa shape index (κ2) is 8.84. The number of benzene rings is 2. The summed E-state index contributed by atoms with van der Waals surface area (Å²) in [6.45, 7) is 0. The van der Waals surface area contributed by atoms with Gasteiger partial charge in [-0.05, 0) is 42.3 Å². The molecular weight excluding hydrogens is 472 g/mol. The topological polar surface area (TPSA) is 72.0 Å². The van der Waals surface area contributed by atoms with Crippen molar-refractivity contribution in [1.29, 1.82) is 0 Å². The molecule has 3 aliphatic heterocycles. The van der Waals surface area contributed by atoms with Crippen LogP contribution in [0.2, 0.25) is 0 Å². The Morgan fingerprint density at radius 3 is 2.74 bits per heavy atom. The Labute approximate surface area is 196 Å². The summed E-state index contributed by atoms with van der Waals surface area (Å²) in [7, 11) is 0. The summed E-state index contributed by atoms with van der Waals surface area (Å²) in [4.78, 5) is 14.3. The number of hydrogen-bond acceptors (Lipinski definition) is 7. The first-order valence-corrected chi connectivity index (χ1v) is 11.5. The summed E-state index contributed by atoms with van der Waals surface area (Å²) < 4.78 is 51.9. The van der Waals surface area contributed by atoms with Crippen LogP contribution in [0.5, 0.6) is 0 Å². The number of carbonyl (C=O) groups is 1. The number of anilines is 1. The minimum atomic E-state index is -4.48. The molecule has 2 aromatic carbocycles. The molecule has 3 aliphatic rings. The molecule has 178 valence electrons. The molecule has 1 amide bonds. The minimum Gasteiger partial charge on any atom is -0.325 e. The van der Waals surface area contributed by atoms with E-state index in [1.807, 2.05) is 22.3 Å². The molecule has 12 heteroatoms. The highest BCUT2D eigenvalue weighted by molar-refractivity contribution is 8.14. The van der Waals surface area contributed by atoms with E-state index < -0.39 is 17.6 Å². The van der Waals surface area contributed by atoms with Crippen molar-refractivity contribution in [3.05, 3.63) is 77.9 Å². The summed E-state index contributed by atoms with van der Waals surface area (Å²) in [6.07, 6.45) is -0.146. The Kier molecular flexibility index (Phi) is 5.86. The van der Waals surface area contributed by atoms with E-state index in [-0.39, 0.29) is 35.5 Å². The molecule has 0 saturated carbocycles. The van der Waals surface area contributed by atoms with Crippen molar-refractivity contribution in [3.8, 4) is 0 Å². The van der Waals surface area contributed by atoms with Gasteiger partial charge in [0.25, 0.3) is 0 Å². The monoisotopic (exact) mass is 492 g/mol. The van der Waals surface area contributed by atoms with Crippen LogP contribution in [0.25, 0.3) is 0 Å². The lowest BCUT2D eigenvalue weighted by atomic mass is 10.00. The molecule has 0 spiro atoms. The van der Waals surface area contributed by atoms with E-state index in [4.69, 9.17) is 0 Å². The van der Waals surface area contributed by atoms with Gasteiger partial charge in [0, 0.05) is 18.1 Å². The highest BCUT2D eigenvalue weighted by Crippen LogP contribution is 2.35. The van der Waals surface area contributed by atoms with Crippen LogP contribution in [0.3, 0.4) is 0 Å². The third kappa shape index (κ3) is 4.55. The number of nitrogens with one attached hydrogen (secondary N) is 3. The largest absolute Gasteiger partial charge is 0.416 e. The standard InChI is InChI=1S/C22H20F4N6OS/c23-15-6-4-13(5-7-15)17-11-18-20-28-29-21(31(20)8-9-32(18)30-17)34-12-19(33)27-16-3-1-2-14(10-16)22(24,25)26/h1-10,17-18,20,28,30H,11-12H2,(H,27,33). The van der Waals surface area contributed by atoms with Crippen LogP contribution >= 0.6 is 11.8 Å². The predicted octanol–water partition coefficient (Wildman–Crippen LogP) is 3.82. The molecule has 3 unspecified atom stereocenters. The summed E-state index contributed by atoms with van der Waals surface area (Å²) in [5, 5.41) is 9.43. The third-order valence-corrected chi connectivity index (χ3v) is 6.75. The molecule has 3 heterocycles. The fraction of sp³-hybridized carbons (Fsp3) is 0.273. The Bertz CT molecular complexity index is 1140. The normalized spacial score (nSPS) is 23.3. The van der Waals surface area contributed by atoms with Gasteiger partial charge >= 0.3 is 6.18 Å². The number of fused-ring (bicyclic) bond motifs is 3. The van der Waals surface area contributed by atoms with Crippen molar-refractivity contribution >= 4 is 28.5 Å². The van der Waals surface area contributed by atoms with Crippen molar-refractivity contribution in [2.24, 2.45) is 5.10 Å². The zero-order valence-electron chi connectivity index (χ0n) is 17.6. The molecule has 1 fully saturated rings. The molecule has 0 radical (unpaired) electrons. The number of nitrogens with zero attached hydrogens (tertiary/aromatic N) is 3. The van der Waals surface area contributed by atoms with Crippen LogP contribution in [0, 0.1) is 5.82 Å². The van der Waals surface area contributed by atoms with Crippen LogP contribution in [-0.4, -0.2) is 38.9 Å². The number of hydrogen-bond donors (Lipinski definition) is 3. The summed E-state index contributed by atoms with van der Waals surface area (Å²) >= 11 is 1.19. The first-order chi connectivity index (χ1) is 16.3. The smallest absolute Gasteiger partial charge is 0.325 e. The van der Waals surface area contributed by atoms with Gasteiger partial charge in [0.1, 0.15) is 12.0 Å². The number of rotatable bonds is 4.